The first kappa shape index (κ1) is 14.3. The second-order valence-electron chi connectivity index (χ2n) is 5.43. The molecule has 6 heteroatoms. The number of likely N-dealkylation sites (N-methyl/N-ethyl adjacent to an activating group) is 1. The van der Waals surface area contributed by atoms with Gasteiger partial charge in [0.15, 0.2) is 0 Å². The van der Waals surface area contributed by atoms with E-state index in [1.165, 1.54) is 12.5 Å². The molecule has 1 N–H and O–H groups in total. The summed E-state index contributed by atoms with van der Waals surface area (Å²) in [5.41, 5.74) is 0.814. The predicted octanol–water partition coefficient (Wildman–Crippen LogP) is 2.36. The Morgan fingerprint density at radius 1 is 1.50 bits per heavy atom. The van der Waals surface area contributed by atoms with E-state index in [0.29, 0.717) is 17.8 Å². The van der Waals surface area contributed by atoms with Crippen LogP contribution in [0.3, 0.4) is 0 Å². The number of nitriles is 1. The highest BCUT2D eigenvalue weighted by Gasteiger charge is 2.39. The van der Waals surface area contributed by atoms with E-state index in [1.807, 2.05) is 20.2 Å². The van der Waals surface area contributed by atoms with Gasteiger partial charge in [0.2, 0.25) is 0 Å². The van der Waals surface area contributed by atoms with E-state index in [1.54, 1.807) is 12.1 Å². The average molecular weight is 274 g/mol. The van der Waals surface area contributed by atoms with Crippen molar-refractivity contribution in [1.29, 1.82) is 5.26 Å². The smallest absolute Gasteiger partial charge is 0.293 e. The van der Waals surface area contributed by atoms with Crippen molar-refractivity contribution >= 4 is 11.4 Å². The number of hydrogen-bond acceptors (Lipinski definition) is 5. The van der Waals surface area contributed by atoms with Gasteiger partial charge < -0.3 is 10.2 Å². The fraction of sp³-hybridized carbons (Fsp3) is 0.500. The van der Waals surface area contributed by atoms with Gasteiger partial charge in [-0.25, -0.2) is 0 Å². The number of nitro benzene ring substituents is 1. The predicted molar refractivity (Wildman–Crippen MR) is 76.6 cm³/mol. The maximum Gasteiger partial charge on any atom is 0.293 e. The minimum Gasteiger partial charge on any atom is -0.378 e. The van der Waals surface area contributed by atoms with Gasteiger partial charge in [-0.3, -0.25) is 10.1 Å². The lowest BCUT2D eigenvalue weighted by atomic mass is 9.75. The molecule has 0 radical (unpaired) electrons. The Bertz CT molecular complexity index is 559. The molecule has 0 aromatic heterocycles. The molecule has 0 saturated heterocycles. The van der Waals surface area contributed by atoms with Gasteiger partial charge in [-0.1, -0.05) is 0 Å². The van der Waals surface area contributed by atoms with Gasteiger partial charge in [-0.15, -0.1) is 0 Å². The minimum absolute atomic E-state index is 0.0442. The first-order valence-corrected chi connectivity index (χ1v) is 6.58. The molecular formula is C14H18N4O2. The quantitative estimate of drug-likeness (QED) is 0.658. The maximum absolute atomic E-state index is 11.1. The summed E-state index contributed by atoms with van der Waals surface area (Å²) in [6, 6.07) is 6.44. The first-order valence-electron chi connectivity index (χ1n) is 6.58. The Hall–Kier alpha value is -2.13. The number of benzene rings is 1. The molecule has 1 fully saturated rings. The number of nitrogens with zero attached hydrogens (tertiary/aromatic N) is 3. The number of hydrogen-bond donors (Lipinski definition) is 1. The summed E-state index contributed by atoms with van der Waals surface area (Å²) < 4.78 is 0. The van der Waals surface area contributed by atoms with E-state index in [-0.39, 0.29) is 11.2 Å². The van der Waals surface area contributed by atoms with Gasteiger partial charge in [-0.05, 0) is 45.5 Å². The van der Waals surface area contributed by atoms with Crippen molar-refractivity contribution in [3.05, 3.63) is 33.9 Å². The van der Waals surface area contributed by atoms with Crippen LogP contribution in [0.15, 0.2) is 18.2 Å². The summed E-state index contributed by atoms with van der Waals surface area (Å²) in [5.74, 6) is 0. The zero-order valence-electron chi connectivity index (χ0n) is 11.7. The van der Waals surface area contributed by atoms with E-state index in [9.17, 15) is 10.1 Å². The molecule has 106 valence electrons. The summed E-state index contributed by atoms with van der Waals surface area (Å²) in [6.45, 7) is 0.673. The summed E-state index contributed by atoms with van der Waals surface area (Å²) in [5, 5.41) is 23.1. The summed E-state index contributed by atoms with van der Waals surface area (Å²) in [4.78, 5) is 12.8. The molecule has 2 rings (SSSR count). The molecular weight excluding hydrogens is 256 g/mol. The third-order valence-electron chi connectivity index (χ3n) is 4.16. The lowest BCUT2D eigenvalue weighted by Gasteiger charge is -2.47. The molecule has 20 heavy (non-hydrogen) atoms. The van der Waals surface area contributed by atoms with Gasteiger partial charge in [0, 0.05) is 18.2 Å². The molecule has 1 aromatic carbocycles. The van der Waals surface area contributed by atoms with Crippen LogP contribution in [0, 0.1) is 21.4 Å². The molecule has 0 aliphatic heterocycles. The first-order chi connectivity index (χ1) is 9.48. The Morgan fingerprint density at radius 2 is 2.20 bits per heavy atom. The number of nitro groups is 1. The van der Waals surface area contributed by atoms with Crippen molar-refractivity contribution < 1.29 is 4.92 Å². The fourth-order valence-corrected chi connectivity index (χ4v) is 2.53. The standard InChI is InChI=1S/C14H18N4O2/c1-17(2)14(6-3-7-14)10-16-12-5-4-11(9-15)8-13(12)18(19)20/h4-5,8,16H,3,6-7,10H2,1-2H3. The number of anilines is 1. The second-order valence-corrected chi connectivity index (χ2v) is 5.43. The highest BCUT2D eigenvalue weighted by atomic mass is 16.6. The molecule has 1 aliphatic carbocycles. The highest BCUT2D eigenvalue weighted by Crippen LogP contribution is 2.37. The molecule has 0 amide bonds. The molecule has 0 heterocycles. The largest absolute Gasteiger partial charge is 0.378 e. The summed E-state index contributed by atoms with van der Waals surface area (Å²) in [6.07, 6.45) is 3.38. The van der Waals surface area contributed by atoms with Gasteiger partial charge in [0.05, 0.1) is 16.6 Å². The van der Waals surface area contributed by atoms with E-state index >= 15 is 0 Å². The normalized spacial score (nSPS) is 16.3. The van der Waals surface area contributed by atoms with Crippen molar-refractivity contribution in [1.82, 2.24) is 4.90 Å². The van der Waals surface area contributed by atoms with Gasteiger partial charge >= 0.3 is 0 Å². The van der Waals surface area contributed by atoms with E-state index in [2.05, 4.69) is 10.2 Å². The van der Waals surface area contributed by atoms with E-state index in [4.69, 9.17) is 5.26 Å². The third kappa shape index (κ3) is 2.58. The zero-order chi connectivity index (χ0) is 14.8. The molecule has 0 unspecified atom stereocenters. The Kier molecular flexibility index (Phi) is 3.91. The molecule has 0 spiro atoms. The third-order valence-corrected chi connectivity index (χ3v) is 4.16. The van der Waals surface area contributed by atoms with Crippen molar-refractivity contribution in [3.8, 4) is 6.07 Å². The van der Waals surface area contributed by atoms with Gasteiger partial charge in [0.1, 0.15) is 5.69 Å². The Labute approximate surface area is 118 Å². The second kappa shape index (κ2) is 5.47. The molecule has 6 nitrogen and oxygen atoms in total. The van der Waals surface area contributed by atoms with Crippen molar-refractivity contribution in [2.24, 2.45) is 0 Å². The van der Waals surface area contributed by atoms with Crippen LogP contribution >= 0.6 is 0 Å². The minimum atomic E-state index is -0.452. The molecule has 0 atom stereocenters. The van der Waals surface area contributed by atoms with Crippen molar-refractivity contribution in [3.63, 3.8) is 0 Å². The molecule has 1 aliphatic rings. The lowest BCUT2D eigenvalue weighted by Crippen LogP contribution is -2.54. The number of rotatable bonds is 5. The average Bonchev–Trinajstić information content (AvgIpc) is 2.36. The maximum atomic E-state index is 11.1. The van der Waals surface area contributed by atoms with Crippen molar-refractivity contribution in [2.45, 2.75) is 24.8 Å². The molecule has 1 aromatic rings. The number of nitrogens with one attached hydrogen (secondary N) is 1. The van der Waals surface area contributed by atoms with Crippen LogP contribution in [0.2, 0.25) is 0 Å². The van der Waals surface area contributed by atoms with Crippen LogP contribution < -0.4 is 5.32 Å². The van der Waals surface area contributed by atoms with Crippen LogP contribution in [0.4, 0.5) is 11.4 Å². The monoisotopic (exact) mass is 274 g/mol. The summed E-state index contributed by atoms with van der Waals surface area (Å²) in [7, 11) is 4.07. The van der Waals surface area contributed by atoms with Crippen LogP contribution in [-0.4, -0.2) is 36.0 Å². The lowest BCUT2D eigenvalue weighted by molar-refractivity contribution is -0.384. The molecule has 0 bridgehead atoms. The highest BCUT2D eigenvalue weighted by molar-refractivity contribution is 5.64. The zero-order valence-corrected chi connectivity index (χ0v) is 11.7. The Morgan fingerprint density at radius 3 is 2.65 bits per heavy atom. The van der Waals surface area contributed by atoms with Gasteiger partial charge in [-0.2, -0.15) is 5.26 Å². The SMILES string of the molecule is CN(C)C1(CNc2ccc(C#N)cc2[N+](=O)[O-])CCC1. The Balaban J connectivity index is 2.17. The van der Waals surface area contributed by atoms with Crippen molar-refractivity contribution in [2.75, 3.05) is 26.0 Å². The van der Waals surface area contributed by atoms with Crippen LogP contribution in [-0.2, 0) is 0 Å². The van der Waals surface area contributed by atoms with Crippen LogP contribution in [0.25, 0.3) is 0 Å². The van der Waals surface area contributed by atoms with Gasteiger partial charge in [0.25, 0.3) is 5.69 Å². The summed E-state index contributed by atoms with van der Waals surface area (Å²) >= 11 is 0. The van der Waals surface area contributed by atoms with Crippen LogP contribution in [0.5, 0.6) is 0 Å². The molecule has 1 saturated carbocycles. The fourth-order valence-electron chi connectivity index (χ4n) is 2.53. The van der Waals surface area contributed by atoms with E-state index < -0.39 is 4.92 Å². The topological polar surface area (TPSA) is 82.2 Å². The van der Waals surface area contributed by atoms with Crippen LogP contribution in [0.1, 0.15) is 24.8 Å². The van der Waals surface area contributed by atoms with E-state index in [0.717, 1.165) is 12.8 Å².